The molecule has 2 heterocycles. The van der Waals surface area contributed by atoms with E-state index in [1.165, 1.54) is 18.9 Å². The van der Waals surface area contributed by atoms with Crippen LogP contribution in [0, 0.1) is 13.8 Å². The first-order chi connectivity index (χ1) is 9.32. The number of rotatable bonds is 3. The third-order valence-corrected chi connectivity index (χ3v) is 3.23. The molecule has 1 N–H and O–H groups in total. The number of carbonyl (C=O) groups excluding carboxylic acids is 1. The molecule has 7 nitrogen and oxygen atoms in total. The summed E-state index contributed by atoms with van der Waals surface area (Å²) in [7, 11) is 1.45. The Balaban J connectivity index is 2.54. The molecule has 0 aliphatic heterocycles. The number of nitrogens with zero attached hydrogens (tertiary/aromatic N) is 3. The zero-order chi connectivity index (χ0) is 15.0. The van der Waals surface area contributed by atoms with E-state index in [1.54, 1.807) is 19.9 Å². The lowest BCUT2D eigenvalue weighted by atomic mass is 10.1. The highest BCUT2D eigenvalue weighted by Crippen LogP contribution is 2.23. The Bertz CT molecular complexity index is 692. The number of fused-ring (bicyclic) bond motifs is 1. The average Bonchev–Trinajstić information content (AvgIpc) is 2.76. The van der Waals surface area contributed by atoms with Crippen molar-refractivity contribution in [2.75, 3.05) is 7.05 Å². The quantitative estimate of drug-likeness (QED) is 0.910. The minimum Gasteiger partial charge on any atom is -0.480 e. The molecule has 0 saturated heterocycles. The van der Waals surface area contributed by atoms with Crippen molar-refractivity contribution in [3.8, 4) is 0 Å². The van der Waals surface area contributed by atoms with Gasteiger partial charge in [0.2, 0.25) is 0 Å². The lowest BCUT2D eigenvalue weighted by molar-refractivity contribution is -0.141. The van der Waals surface area contributed by atoms with Crippen molar-refractivity contribution in [3.63, 3.8) is 0 Å². The lowest BCUT2D eigenvalue weighted by Crippen LogP contribution is -2.40. The van der Waals surface area contributed by atoms with Gasteiger partial charge in [-0.2, -0.15) is 0 Å². The van der Waals surface area contributed by atoms with Crippen molar-refractivity contribution in [2.45, 2.75) is 26.8 Å². The third kappa shape index (κ3) is 2.22. The number of amides is 1. The first kappa shape index (κ1) is 14.0. The van der Waals surface area contributed by atoms with Crippen molar-refractivity contribution < 1.29 is 19.2 Å². The van der Waals surface area contributed by atoms with Gasteiger partial charge in [0.25, 0.3) is 11.6 Å². The van der Waals surface area contributed by atoms with E-state index in [2.05, 4.69) is 10.1 Å². The molecule has 0 spiro atoms. The van der Waals surface area contributed by atoms with Gasteiger partial charge in [-0.25, -0.2) is 9.78 Å². The fourth-order valence-corrected chi connectivity index (χ4v) is 1.92. The van der Waals surface area contributed by atoms with Crippen molar-refractivity contribution in [1.29, 1.82) is 0 Å². The summed E-state index contributed by atoms with van der Waals surface area (Å²) in [6, 6.07) is 0.686. The Kier molecular flexibility index (Phi) is 3.44. The topological polar surface area (TPSA) is 96.5 Å². The molecule has 0 aliphatic rings. The number of aliphatic carboxylic acids is 1. The zero-order valence-electron chi connectivity index (χ0n) is 11.7. The molecule has 0 fully saturated rings. The molecule has 2 rings (SSSR count). The van der Waals surface area contributed by atoms with Gasteiger partial charge in [-0.1, -0.05) is 5.16 Å². The van der Waals surface area contributed by atoms with Crippen LogP contribution in [0.3, 0.4) is 0 Å². The highest BCUT2D eigenvalue weighted by Gasteiger charge is 2.26. The Morgan fingerprint density at radius 1 is 1.40 bits per heavy atom. The smallest absolute Gasteiger partial charge is 0.326 e. The van der Waals surface area contributed by atoms with Crippen LogP contribution in [0.1, 0.15) is 28.7 Å². The van der Waals surface area contributed by atoms with Crippen LogP contribution < -0.4 is 0 Å². The maximum Gasteiger partial charge on any atom is 0.326 e. The lowest BCUT2D eigenvalue weighted by Gasteiger charge is -2.21. The van der Waals surface area contributed by atoms with Gasteiger partial charge >= 0.3 is 5.97 Å². The molecule has 2 aromatic heterocycles. The van der Waals surface area contributed by atoms with E-state index in [4.69, 9.17) is 9.63 Å². The van der Waals surface area contributed by atoms with Crippen molar-refractivity contribution in [2.24, 2.45) is 0 Å². The van der Waals surface area contributed by atoms with Crippen LogP contribution in [0.5, 0.6) is 0 Å². The van der Waals surface area contributed by atoms with Gasteiger partial charge < -0.3 is 14.5 Å². The van der Waals surface area contributed by atoms with Gasteiger partial charge in [-0.15, -0.1) is 0 Å². The average molecular weight is 277 g/mol. The number of carbonyl (C=O) groups is 2. The molecule has 0 saturated carbocycles. The van der Waals surface area contributed by atoms with Crippen LogP contribution in [0.2, 0.25) is 0 Å². The third-order valence-electron chi connectivity index (χ3n) is 3.23. The Hall–Kier alpha value is -2.44. The predicted octanol–water partition coefficient (Wildman–Crippen LogP) is 1.38. The normalized spacial score (nSPS) is 12.4. The van der Waals surface area contributed by atoms with Crippen LogP contribution >= 0.6 is 0 Å². The number of carboxylic acids is 1. The maximum atomic E-state index is 12.5. The van der Waals surface area contributed by atoms with Gasteiger partial charge in [0.05, 0.1) is 16.6 Å². The second-order valence-electron chi connectivity index (χ2n) is 4.69. The maximum absolute atomic E-state index is 12.5. The number of hydrogen-bond acceptors (Lipinski definition) is 5. The molecule has 0 bridgehead atoms. The van der Waals surface area contributed by atoms with Gasteiger partial charge in [-0.3, -0.25) is 4.79 Å². The van der Waals surface area contributed by atoms with Gasteiger partial charge in [0.1, 0.15) is 6.04 Å². The molecule has 106 valence electrons. The summed E-state index contributed by atoms with van der Waals surface area (Å²) in [5.74, 6) is -1.47. The summed E-state index contributed by atoms with van der Waals surface area (Å²) in [4.78, 5) is 28.8. The minimum absolute atomic E-state index is 0.280. The van der Waals surface area contributed by atoms with Crippen LogP contribution in [0.4, 0.5) is 0 Å². The second-order valence-corrected chi connectivity index (χ2v) is 4.69. The monoisotopic (exact) mass is 277 g/mol. The Labute approximate surface area is 115 Å². The van der Waals surface area contributed by atoms with E-state index >= 15 is 0 Å². The minimum atomic E-state index is -1.06. The molecule has 20 heavy (non-hydrogen) atoms. The molecule has 2 aromatic rings. The largest absolute Gasteiger partial charge is 0.480 e. The molecular formula is C13H15N3O4. The molecule has 0 radical (unpaired) electrons. The number of aromatic nitrogens is 2. The summed E-state index contributed by atoms with van der Waals surface area (Å²) in [5.41, 5.74) is 1.78. The van der Waals surface area contributed by atoms with E-state index in [-0.39, 0.29) is 5.71 Å². The SMILES string of the molecule is Cc1cc(C(=O)N(C)C(C)C(=O)O)c2c(C)noc2n1. The van der Waals surface area contributed by atoms with Crippen LogP contribution in [0.25, 0.3) is 11.1 Å². The zero-order valence-corrected chi connectivity index (χ0v) is 11.7. The highest BCUT2D eigenvalue weighted by molar-refractivity contribution is 6.06. The second kappa shape index (κ2) is 4.92. The van der Waals surface area contributed by atoms with Crippen molar-refractivity contribution in [1.82, 2.24) is 15.0 Å². The summed E-state index contributed by atoms with van der Waals surface area (Å²) in [6.07, 6.45) is 0. The fourth-order valence-electron chi connectivity index (χ4n) is 1.92. The molecule has 1 unspecified atom stereocenters. The van der Waals surface area contributed by atoms with E-state index in [0.717, 1.165) is 0 Å². The van der Waals surface area contributed by atoms with E-state index < -0.39 is 17.9 Å². The molecular weight excluding hydrogens is 262 g/mol. The first-order valence-corrected chi connectivity index (χ1v) is 6.06. The number of hydrogen-bond donors (Lipinski definition) is 1. The van der Waals surface area contributed by atoms with E-state index in [1.807, 2.05) is 0 Å². The summed E-state index contributed by atoms with van der Waals surface area (Å²) in [6.45, 7) is 4.89. The fraction of sp³-hybridized carbons (Fsp3) is 0.385. The van der Waals surface area contributed by atoms with Gasteiger partial charge in [0.15, 0.2) is 0 Å². The number of likely N-dealkylation sites (N-methyl/N-ethyl adjacent to an activating group) is 1. The van der Waals surface area contributed by atoms with Gasteiger partial charge in [-0.05, 0) is 26.8 Å². The number of aryl methyl sites for hydroxylation is 2. The molecule has 1 atom stereocenters. The molecule has 0 aromatic carbocycles. The summed E-state index contributed by atoms with van der Waals surface area (Å²) in [5, 5.41) is 13.3. The summed E-state index contributed by atoms with van der Waals surface area (Å²) >= 11 is 0. The molecule has 7 heteroatoms. The summed E-state index contributed by atoms with van der Waals surface area (Å²) < 4.78 is 5.06. The van der Waals surface area contributed by atoms with E-state index in [9.17, 15) is 9.59 Å². The Morgan fingerprint density at radius 2 is 2.05 bits per heavy atom. The van der Waals surface area contributed by atoms with Crippen LogP contribution in [0.15, 0.2) is 10.6 Å². The van der Waals surface area contributed by atoms with Crippen LogP contribution in [-0.4, -0.2) is 45.1 Å². The molecule has 0 aliphatic carbocycles. The number of carboxylic acid groups (broad SMARTS) is 1. The number of pyridine rings is 1. The van der Waals surface area contributed by atoms with E-state index in [0.29, 0.717) is 22.3 Å². The van der Waals surface area contributed by atoms with Gasteiger partial charge in [0, 0.05) is 12.7 Å². The van der Waals surface area contributed by atoms with Crippen molar-refractivity contribution in [3.05, 3.63) is 23.0 Å². The highest BCUT2D eigenvalue weighted by atomic mass is 16.5. The van der Waals surface area contributed by atoms with Crippen LogP contribution in [-0.2, 0) is 4.79 Å². The predicted molar refractivity (Wildman–Crippen MR) is 70.5 cm³/mol. The first-order valence-electron chi connectivity index (χ1n) is 6.06. The standard InChI is InChI=1S/C13H15N3O4/c1-6-5-9(10-7(2)15-20-11(10)14-6)12(17)16(4)8(3)13(18)19/h5,8H,1-4H3,(H,18,19). The Morgan fingerprint density at radius 3 is 2.65 bits per heavy atom. The molecule has 1 amide bonds. The van der Waals surface area contributed by atoms with Crippen molar-refractivity contribution >= 4 is 23.0 Å².